The zero-order valence-electron chi connectivity index (χ0n) is 10.7. The Morgan fingerprint density at radius 2 is 2.12 bits per heavy atom. The summed E-state index contributed by atoms with van der Waals surface area (Å²) in [7, 11) is 0. The topological polar surface area (TPSA) is 75.6 Å². The maximum absolute atomic E-state index is 11.6. The highest BCUT2D eigenvalue weighted by Gasteiger charge is 2.28. The van der Waals surface area contributed by atoms with E-state index < -0.39 is 17.5 Å². The number of aliphatic carboxylic acids is 1. The molecule has 0 bridgehead atoms. The van der Waals surface area contributed by atoms with Crippen LogP contribution >= 0.6 is 0 Å². The van der Waals surface area contributed by atoms with E-state index >= 15 is 0 Å². The number of ether oxygens (including phenoxy) is 1. The van der Waals surface area contributed by atoms with E-state index in [1.807, 2.05) is 0 Å². The van der Waals surface area contributed by atoms with Gasteiger partial charge in [0.25, 0.3) is 0 Å². The van der Waals surface area contributed by atoms with Crippen LogP contribution in [0.4, 0.5) is 0 Å². The van der Waals surface area contributed by atoms with Crippen LogP contribution < -0.4 is 5.32 Å². The first-order valence-corrected chi connectivity index (χ1v) is 5.55. The molecule has 1 unspecified atom stereocenters. The first kappa shape index (κ1) is 15.6. The molecule has 0 heterocycles. The molecule has 5 heteroatoms. The van der Waals surface area contributed by atoms with Crippen LogP contribution in [0.3, 0.4) is 0 Å². The number of carbonyl (C=O) groups excluding carboxylic acids is 1. The molecule has 0 aromatic carbocycles. The van der Waals surface area contributed by atoms with Gasteiger partial charge in [0.05, 0.1) is 12.0 Å². The fraction of sp³-hybridized carbons (Fsp3) is 0.667. The first-order valence-electron chi connectivity index (χ1n) is 5.55. The minimum absolute atomic E-state index is 0.0797. The molecule has 0 fully saturated rings. The maximum atomic E-state index is 11.6. The Hall–Kier alpha value is -1.36. The van der Waals surface area contributed by atoms with E-state index in [9.17, 15) is 9.59 Å². The van der Waals surface area contributed by atoms with Crippen molar-refractivity contribution in [2.24, 2.45) is 5.41 Å². The fourth-order valence-corrected chi connectivity index (χ4v) is 0.931. The van der Waals surface area contributed by atoms with Crippen LogP contribution in [0.1, 0.15) is 27.2 Å². The van der Waals surface area contributed by atoms with Crippen molar-refractivity contribution >= 4 is 11.9 Å². The average Bonchev–Trinajstić information content (AvgIpc) is 2.26. The zero-order valence-corrected chi connectivity index (χ0v) is 10.7. The van der Waals surface area contributed by atoms with E-state index in [1.165, 1.54) is 0 Å². The molecule has 1 atom stereocenters. The Labute approximate surface area is 102 Å². The van der Waals surface area contributed by atoms with Gasteiger partial charge in [-0.3, -0.25) is 9.59 Å². The monoisotopic (exact) mass is 243 g/mol. The quantitative estimate of drug-likeness (QED) is 0.496. The van der Waals surface area contributed by atoms with Crippen LogP contribution in [0.5, 0.6) is 0 Å². The van der Waals surface area contributed by atoms with E-state index in [0.29, 0.717) is 13.0 Å². The second kappa shape index (κ2) is 7.06. The summed E-state index contributed by atoms with van der Waals surface area (Å²) < 4.78 is 5.24. The lowest BCUT2D eigenvalue weighted by Crippen LogP contribution is -2.43. The number of carbonyl (C=O) groups is 2. The number of rotatable bonds is 8. The number of nitrogens with one attached hydrogen (secondary N) is 1. The van der Waals surface area contributed by atoms with E-state index in [4.69, 9.17) is 9.84 Å². The standard InChI is InChI=1S/C12H21NO4/c1-5-6-7-17-9(2)10(14)13-8-12(3,4)11(15)16/h5,9H,1,6-8H2,2-4H3,(H,13,14)(H,15,16). The summed E-state index contributed by atoms with van der Waals surface area (Å²) >= 11 is 0. The lowest BCUT2D eigenvalue weighted by Gasteiger charge is -2.21. The van der Waals surface area contributed by atoms with Crippen molar-refractivity contribution in [3.05, 3.63) is 12.7 Å². The fourth-order valence-electron chi connectivity index (χ4n) is 0.931. The van der Waals surface area contributed by atoms with Crippen LogP contribution in [0.15, 0.2) is 12.7 Å². The Balaban J connectivity index is 4.00. The van der Waals surface area contributed by atoms with Crippen molar-refractivity contribution < 1.29 is 19.4 Å². The lowest BCUT2D eigenvalue weighted by atomic mass is 9.94. The number of amides is 1. The highest BCUT2D eigenvalue weighted by Crippen LogP contribution is 2.13. The predicted molar refractivity (Wildman–Crippen MR) is 64.7 cm³/mol. The van der Waals surface area contributed by atoms with Gasteiger partial charge in [0.1, 0.15) is 6.10 Å². The molecular formula is C12H21NO4. The highest BCUT2D eigenvalue weighted by molar-refractivity contribution is 5.81. The third-order valence-electron chi connectivity index (χ3n) is 2.34. The molecule has 0 aliphatic rings. The van der Waals surface area contributed by atoms with Gasteiger partial charge in [-0.05, 0) is 27.2 Å². The molecule has 0 radical (unpaired) electrons. The van der Waals surface area contributed by atoms with Gasteiger partial charge >= 0.3 is 5.97 Å². The zero-order chi connectivity index (χ0) is 13.5. The van der Waals surface area contributed by atoms with Gasteiger partial charge in [-0.15, -0.1) is 6.58 Å². The number of hydrogen-bond donors (Lipinski definition) is 2. The Bertz CT molecular complexity index is 286. The summed E-state index contributed by atoms with van der Waals surface area (Å²) in [5.74, 6) is -1.25. The van der Waals surface area contributed by atoms with Crippen molar-refractivity contribution in [2.45, 2.75) is 33.3 Å². The largest absolute Gasteiger partial charge is 0.481 e. The molecule has 98 valence electrons. The van der Waals surface area contributed by atoms with Crippen LogP contribution in [0.2, 0.25) is 0 Å². The highest BCUT2D eigenvalue weighted by atomic mass is 16.5. The van der Waals surface area contributed by atoms with E-state index in [0.717, 1.165) is 0 Å². The second-order valence-electron chi connectivity index (χ2n) is 4.50. The minimum atomic E-state index is -0.976. The molecule has 2 N–H and O–H groups in total. The smallest absolute Gasteiger partial charge is 0.310 e. The van der Waals surface area contributed by atoms with Crippen molar-refractivity contribution in [3.8, 4) is 0 Å². The van der Waals surface area contributed by atoms with Crippen molar-refractivity contribution in [1.29, 1.82) is 0 Å². The third-order valence-corrected chi connectivity index (χ3v) is 2.34. The molecule has 5 nitrogen and oxygen atoms in total. The summed E-state index contributed by atoms with van der Waals surface area (Å²) in [5.41, 5.74) is -0.976. The average molecular weight is 243 g/mol. The van der Waals surface area contributed by atoms with Gasteiger partial charge in [0.2, 0.25) is 5.91 Å². The van der Waals surface area contributed by atoms with E-state index in [2.05, 4.69) is 11.9 Å². The Kier molecular flexibility index (Phi) is 6.50. The molecular weight excluding hydrogens is 222 g/mol. The normalized spacial score (nSPS) is 12.9. The van der Waals surface area contributed by atoms with Crippen LogP contribution in [0, 0.1) is 5.41 Å². The number of hydrogen-bond acceptors (Lipinski definition) is 3. The van der Waals surface area contributed by atoms with Gasteiger partial charge in [0.15, 0.2) is 0 Å². The first-order chi connectivity index (χ1) is 7.81. The lowest BCUT2D eigenvalue weighted by molar-refractivity contribution is -0.147. The summed E-state index contributed by atoms with van der Waals surface area (Å²) in [6.07, 6.45) is 1.80. The molecule has 0 aliphatic carbocycles. The maximum Gasteiger partial charge on any atom is 0.310 e. The predicted octanol–water partition coefficient (Wildman–Crippen LogP) is 1.19. The van der Waals surface area contributed by atoms with Crippen LogP contribution in [0.25, 0.3) is 0 Å². The third kappa shape index (κ3) is 6.06. The van der Waals surface area contributed by atoms with Gasteiger partial charge in [-0.25, -0.2) is 0 Å². The molecule has 1 amide bonds. The summed E-state index contributed by atoms with van der Waals surface area (Å²) in [6.45, 7) is 8.80. The number of carboxylic acids is 1. The van der Waals surface area contributed by atoms with Gasteiger partial charge in [0, 0.05) is 6.54 Å². The second-order valence-corrected chi connectivity index (χ2v) is 4.50. The van der Waals surface area contributed by atoms with Crippen LogP contribution in [-0.4, -0.2) is 36.2 Å². The van der Waals surface area contributed by atoms with Gasteiger partial charge < -0.3 is 15.2 Å². The summed E-state index contributed by atoms with van der Waals surface area (Å²) in [6, 6.07) is 0. The Morgan fingerprint density at radius 1 is 1.53 bits per heavy atom. The van der Waals surface area contributed by atoms with Crippen molar-refractivity contribution in [1.82, 2.24) is 5.32 Å². The van der Waals surface area contributed by atoms with Gasteiger partial charge in [-0.2, -0.15) is 0 Å². The van der Waals surface area contributed by atoms with Crippen molar-refractivity contribution in [3.63, 3.8) is 0 Å². The molecule has 0 aromatic heterocycles. The molecule has 0 aromatic rings. The molecule has 0 saturated heterocycles. The van der Waals surface area contributed by atoms with Gasteiger partial charge in [-0.1, -0.05) is 6.08 Å². The SMILES string of the molecule is C=CCCOC(C)C(=O)NCC(C)(C)C(=O)O. The summed E-state index contributed by atoms with van der Waals surface area (Å²) in [5, 5.41) is 11.4. The van der Waals surface area contributed by atoms with E-state index in [1.54, 1.807) is 26.8 Å². The molecule has 0 saturated carbocycles. The molecule has 0 rings (SSSR count). The number of carboxylic acid groups (broad SMARTS) is 1. The van der Waals surface area contributed by atoms with Crippen molar-refractivity contribution in [2.75, 3.05) is 13.2 Å². The Morgan fingerprint density at radius 3 is 2.59 bits per heavy atom. The summed E-state index contributed by atoms with van der Waals surface area (Å²) in [4.78, 5) is 22.4. The van der Waals surface area contributed by atoms with E-state index in [-0.39, 0.29) is 12.5 Å². The molecule has 17 heavy (non-hydrogen) atoms. The minimum Gasteiger partial charge on any atom is -0.481 e. The van der Waals surface area contributed by atoms with Crippen LogP contribution in [-0.2, 0) is 14.3 Å². The molecule has 0 aliphatic heterocycles. The molecule has 0 spiro atoms.